The second kappa shape index (κ2) is 6.60. The van der Waals surface area contributed by atoms with Gasteiger partial charge in [-0.3, -0.25) is 10.1 Å². The van der Waals surface area contributed by atoms with Crippen LogP contribution < -0.4 is 0 Å². The molecule has 1 aromatic rings. The molecule has 16 heavy (non-hydrogen) atoms. The maximum absolute atomic E-state index is 10.3. The minimum atomic E-state index is -0.558. The topological polar surface area (TPSA) is 82.6 Å². The lowest BCUT2D eigenvalue weighted by molar-refractivity contribution is -0.402. The molecule has 0 aromatic carbocycles. The molecule has 6 nitrogen and oxygen atoms in total. The molecule has 0 fully saturated rings. The van der Waals surface area contributed by atoms with E-state index < -0.39 is 4.92 Å². The molecule has 0 unspecified atom stereocenters. The number of hydrogen-bond acceptors (Lipinski definition) is 5. The van der Waals surface area contributed by atoms with Gasteiger partial charge in [-0.25, -0.2) is 4.79 Å². The van der Waals surface area contributed by atoms with Crippen LogP contribution in [0.1, 0.15) is 25.0 Å². The van der Waals surface area contributed by atoms with Crippen molar-refractivity contribution >= 4 is 12.4 Å². The van der Waals surface area contributed by atoms with Crippen LogP contribution in [0.5, 0.6) is 0 Å². The predicted molar refractivity (Wildman–Crippen MR) is 54.6 cm³/mol. The molecule has 0 spiro atoms. The summed E-state index contributed by atoms with van der Waals surface area (Å²) in [6.07, 6.45) is 3.12. The summed E-state index contributed by atoms with van der Waals surface area (Å²) in [5.74, 6) is 0.378. The van der Waals surface area contributed by atoms with Gasteiger partial charge >= 0.3 is 12.4 Å². The van der Waals surface area contributed by atoms with Gasteiger partial charge in [-0.15, -0.1) is 0 Å². The monoisotopic (exact) mass is 226 g/mol. The van der Waals surface area contributed by atoms with Gasteiger partial charge in [0.2, 0.25) is 0 Å². The Morgan fingerprint density at radius 3 is 2.81 bits per heavy atom. The van der Waals surface area contributed by atoms with Crippen LogP contribution in [-0.2, 0) is 16.0 Å². The third-order valence-corrected chi connectivity index (χ3v) is 2.06. The molecule has 0 atom stereocenters. The average Bonchev–Trinajstić information content (AvgIpc) is 2.72. The van der Waals surface area contributed by atoms with E-state index in [-0.39, 0.29) is 5.88 Å². The van der Waals surface area contributed by atoms with Crippen LogP contribution in [0.2, 0.25) is 0 Å². The molecule has 0 N–H and O–H groups in total. The average molecular weight is 226 g/mol. The number of nitro groups is 1. The molecule has 1 aromatic heterocycles. The summed E-state index contributed by atoms with van der Waals surface area (Å²) in [6, 6.07) is 2.95. The summed E-state index contributed by atoms with van der Waals surface area (Å²) in [4.78, 5) is 19.5. The summed E-state index contributed by atoms with van der Waals surface area (Å²) in [5.41, 5.74) is 0. The highest BCUT2D eigenvalue weighted by Gasteiger charge is 2.10. The first-order valence-electron chi connectivity index (χ1n) is 4.96. The van der Waals surface area contributed by atoms with Gasteiger partial charge in [0.25, 0.3) is 0 Å². The van der Waals surface area contributed by atoms with Crippen molar-refractivity contribution in [1.82, 2.24) is 0 Å². The molecule has 1 rings (SSSR count). The van der Waals surface area contributed by atoms with E-state index in [1.165, 1.54) is 12.5 Å². The second-order valence-corrected chi connectivity index (χ2v) is 3.24. The van der Waals surface area contributed by atoms with Crippen molar-refractivity contribution < 1.29 is 18.9 Å². The molecule has 0 saturated carbocycles. The molecular formula is C10H12NO5. The van der Waals surface area contributed by atoms with E-state index in [4.69, 9.17) is 4.42 Å². The Kier molecular flexibility index (Phi) is 5.04. The van der Waals surface area contributed by atoms with Gasteiger partial charge in [-0.1, -0.05) is 0 Å². The second-order valence-electron chi connectivity index (χ2n) is 3.24. The van der Waals surface area contributed by atoms with Gasteiger partial charge in [-0.2, -0.15) is 0 Å². The predicted octanol–water partition coefficient (Wildman–Crippen LogP) is 1.98. The van der Waals surface area contributed by atoms with Crippen molar-refractivity contribution in [3.8, 4) is 0 Å². The van der Waals surface area contributed by atoms with Gasteiger partial charge in [0.15, 0.2) is 0 Å². The fourth-order valence-electron chi connectivity index (χ4n) is 1.29. The van der Waals surface area contributed by atoms with Crippen LogP contribution in [0.25, 0.3) is 0 Å². The molecule has 6 heteroatoms. The van der Waals surface area contributed by atoms with Gasteiger partial charge < -0.3 is 9.15 Å². The standard InChI is InChI=1S/C10H12NO5/c12-8-15-7-3-1-2-4-9-5-6-10(16-9)11(13)14/h5-6H,1-4,7H2. The van der Waals surface area contributed by atoms with Crippen molar-refractivity contribution in [2.45, 2.75) is 25.7 Å². The van der Waals surface area contributed by atoms with Gasteiger partial charge in [0, 0.05) is 6.42 Å². The Bertz CT molecular complexity index is 347. The number of ether oxygens (including phenoxy) is 1. The minimum Gasteiger partial charge on any atom is -0.457 e. The Morgan fingerprint density at radius 2 is 2.19 bits per heavy atom. The van der Waals surface area contributed by atoms with Crippen molar-refractivity contribution in [3.05, 3.63) is 28.0 Å². The van der Waals surface area contributed by atoms with Crippen LogP contribution in [0.15, 0.2) is 16.5 Å². The van der Waals surface area contributed by atoms with E-state index >= 15 is 0 Å². The number of furan rings is 1. The van der Waals surface area contributed by atoms with Crippen molar-refractivity contribution in [2.24, 2.45) is 0 Å². The smallest absolute Gasteiger partial charge is 0.433 e. The van der Waals surface area contributed by atoms with Crippen molar-refractivity contribution in [3.63, 3.8) is 0 Å². The largest absolute Gasteiger partial charge is 0.457 e. The van der Waals surface area contributed by atoms with Crippen LogP contribution in [0.3, 0.4) is 0 Å². The SMILES string of the molecule is O=[C]OCCCCCc1ccc([N+](=O)[O-])o1. The molecule has 0 amide bonds. The van der Waals surface area contributed by atoms with Crippen molar-refractivity contribution in [1.29, 1.82) is 0 Å². The fraction of sp³-hybridized carbons (Fsp3) is 0.500. The molecule has 0 aliphatic carbocycles. The normalized spacial score (nSPS) is 10.0. The van der Waals surface area contributed by atoms with Crippen LogP contribution in [0.4, 0.5) is 5.88 Å². The maximum atomic E-state index is 10.3. The Morgan fingerprint density at radius 1 is 1.38 bits per heavy atom. The van der Waals surface area contributed by atoms with Crippen LogP contribution in [-0.4, -0.2) is 18.0 Å². The number of carbonyl (C=O) groups excluding carboxylic acids is 1. The zero-order valence-electron chi connectivity index (χ0n) is 8.68. The van der Waals surface area contributed by atoms with E-state index in [2.05, 4.69) is 4.74 Å². The first-order valence-corrected chi connectivity index (χ1v) is 4.96. The lowest BCUT2D eigenvalue weighted by Gasteiger charge is -1.97. The minimum absolute atomic E-state index is 0.228. The fourth-order valence-corrected chi connectivity index (χ4v) is 1.29. The Labute approximate surface area is 92.3 Å². The summed E-state index contributed by atoms with van der Waals surface area (Å²) in [7, 11) is 0. The zero-order chi connectivity index (χ0) is 11.8. The lowest BCUT2D eigenvalue weighted by Crippen LogP contribution is -1.92. The first kappa shape index (κ1) is 12.2. The Hall–Kier alpha value is -1.85. The molecule has 1 heterocycles. The highest BCUT2D eigenvalue weighted by molar-refractivity contribution is 5.37. The number of hydrogen-bond donors (Lipinski definition) is 0. The number of rotatable bonds is 8. The Balaban J connectivity index is 2.16. The summed E-state index contributed by atoms with van der Waals surface area (Å²) in [6.45, 7) is 1.71. The number of unbranched alkanes of at least 4 members (excludes halogenated alkanes) is 2. The maximum Gasteiger partial charge on any atom is 0.433 e. The number of aryl methyl sites for hydroxylation is 1. The highest BCUT2D eigenvalue weighted by atomic mass is 16.6. The first-order chi connectivity index (χ1) is 7.74. The summed E-state index contributed by atoms with van der Waals surface area (Å²) < 4.78 is 9.38. The third-order valence-electron chi connectivity index (χ3n) is 2.06. The highest BCUT2D eigenvalue weighted by Crippen LogP contribution is 2.17. The molecule has 0 aliphatic heterocycles. The zero-order valence-corrected chi connectivity index (χ0v) is 8.68. The quantitative estimate of drug-likeness (QED) is 0.384. The van der Waals surface area contributed by atoms with Crippen molar-refractivity contribution in [2.75, 3.05) is 6.61 Å². The van der Waals surface area contributed by atoms with Crippen LogP contribution >= 0.6 is 0 Å². The van der Waals surface area contributed by atoms with Gasteiger partial charge in [0.1, 0.15) is 10.7 Å². The molecule has 0 aliphatic rings. The third kappa shape index (κ3) is 4.12. The molecule has 87 valence electrons. The summed E-state index contributed by atoms with van der Waals surface area (Å²) in [5, 5.41) is 10.3. The van der Waals surface area contributed by atoms with E-state index in [1.54, 1.807) is 6.07 Å². The van der Waals surface area contributed by atoms with Gasteiger partial charge in [0.05, 0.1) is 12.7 Å². The molecular weight excluding hydrogens is 214 g/mol. The molecule has 1 radical (unpaired) electrons. The van der Waals surface area contributed by atoms with E-state index in [0.717, 1.165) is 19.3 Å². The van der Waals surface area contributed by atoms with E-state index in [9.17, 15) is 14.9 Å². The van der Waals surface area contributed by atoms with E-state index in [1.807, 2.05) is 0 Å². The van der Waals surface area contributed by atoms with E-state index in [0.29, 0.717) is 18.8 Å². The number of nitrogens with zero attached hydrogens (tertiary/aromatic N) is 1. The summed E-state index contributed by atoms with van der Waals surface area (Å²) >= 11 is 0. The molecule has 0 bridgehead atoms. The molecule has 0 saturated heterocycles. The van der Waals surface area contributed by atoms with Crippen LogP contribution in [0, 0.1) is 10.1 Å². The van der Waals surface area contributed by atoms with Gasteiger partial charge in [-0.05, 0) is 25.3 Å². The lowest BCUT2D eigenvalue weighted by atomic mass is 10.2.